The molecule has 37 heavy (non-hydrogen) atoms. The van der Waals surface area contributed by atoms with Crippen LogP contribution in [0.4, 0.5) is 4.39 Å². The first-order valence-corrected chi connectivity index (χ1v) is 16.0. The summed E-state index contributed by atoms with van der Waals surface area (Å²) in [5.74, 6) is -0.0126. The smallest absolute Gasteiger partial charge is 0.311 e. The molecule has 2 unspecified atom stereocenters. The maximum Gasteiger partial charge on any atom is 0.311 e. The predicted molar refractivity (Wildman–Crippen MR) is 152 cm³/mol. The summed E-state index contributed by atoms with van der Waals surface area (Å²) >= 11 is 0. The average molecular weight is 537 g/mol. The van der Waals surface area contributed by atoms with Crippen molar-refractivity contribution in [3.05, 3.63) is 53.9 Å². The molecule has 0 aliphatic rings. The fourth-order valence-electron chi connectivity index (χ4n) is 3.02. The molecule has 0 spiro atoms. The maximum atomic E-state index is 15.5. The van der Waals surface area contributed by atoms with Crippen LogP contribution in [-0.4, -0.2) is 40.2 Å². The Balaban J connectivity index is 2.94. The van der Waals surface area contributed by atoms with Gasteiger partial charge in [-0.05, 0) is 76.0 Å². The van der Waals surface area contributed by atoms with Crippen molar-refractivity contribution in [3.63, 3.8) is 0 Å². The van der Waals surface area contributed by atoms with Gasteiger partial charge in [-0.1, -0.05) is 52.0 Å². The van der Waals surface area contributed by atoms with Gasteiger partial charge in [-0.25, -0.2) is 4.39 Å². The SMILES string of the molecule is COc1ccc(COC(/C=C\CCOC(=O)C(C)(C)C)/C(F)=C\[C@@H](C)C(C)O[Si](C)(C)C(C)(C)C)cc1. The highest BCUT2D eigenvalue weighted by molar-refractivity contribution is 6.74. The molecule has 1 aromatic carbocycles. The second-order valence-electron chi connectivity index (χ2n) is 12.2. The zero-order chi connectivity index (χ0) is 28.4. The Hall–Kier alpha value is -1.96. The second-order valence-corrected chi connectivity index (χ2v) is 16.9. The van der Waals surface area contributed by atoms with Crippen molar-refractivity contribution in [3.8, 4) is 5.75 Å². The molecule has 0 N–H and O–H groups in total. The number of hydrogen-bond donors (Lipinski definition) is 0. The summed E-state index contributed by atoms with van der Waals surface area (Å²) in [5, 5.41) is 0.0758. The Morgan fingerprint density at radius 3 is 2.16 bits per heavy atom. The normalized spacial score (nSPS) is 15.9. The summed E-state index contributed by atoms with van der Waals surface area (Å²) in [6.45, 7) is 20.9. The lowest BCUT2D eigenvalue weighted by Crippen LogP contribution is -2.44. The fraction of sp³-hybridized carbons (Fsp3) is 0.633. The van der Waals surface area contributed by atoms with Crippen LogP contribution >= 0.6 is 0 Å². The van der Waals surface area contributed by atoms with Gasteiger partial charge in [0.2, 0.25) is 0 Å². The number of esters is 1. The van der Waals surface area contributed by atoms with Gasteiger partial charge < -0.3 is 18.6 Å². The summed E-state index contributed by atoms with van der Waals surface area (Å²) in [6.07, 6.45) is 4.56. The number of halogens is 1. The molecule has 3 atom stereocenters. The van der Waals surface area contributed by atoms with E-state index in [0.717, 1.165) is 11.3 Å². The Labute approximate surface area is 225 Å². The van der Waals surface area contributed by atoms with Gasteiger partial charge >= 0.3 is 5.97 Å². The number of ether oxygens (including phenoxy) is 3. The molecular formula is C30H49FO5Si. The van der Waals surface area contributed by atoms with E-state index in [9.17, 15) is 4.79 Å². The Morgan fingerprint density at radius 1 is 1.05 bits per heavy atom. The maximum absolute atomic E-state index is 15.5. The van der Waals surface area contributed by atoms with E-state index in [0.29, 0.717) is 6.42 Å². The van der Waals surface area contributed by atoms with Crippen LogP contribution in [0.1, 0.15) is 67.4 Å². The quantitative estimate of drug-likeness (QED) is 0.111. The summed E-state index contributed by atoms with van der Waals surface area (Å²) in [7, 11) is -0.365. The van der Waals surface area contributed by atoms with Gasteiger partial charge in [0, 0.05) is 12.0 Å². The van der Waals surface area contributed by atoms with Gasteiger partial charge in [0.1, 0.15) is 17.7 Å². The zero-order valence-corrected chi connectivity index (χ0v) is 25.8. The number of carbonyl (C=O) groups excluding carboxylic acids is 1. The molecular weight excluding hydrogens is 487 g/mol. The number of benzene rings is 1. The Morgan fingerprint density at radius 2 is 1.65 bits per heavy atom. The van der Waals surface area contributed by atoms with Gasteiger partial charge in [0.15, 0.2) is 8.32 Å². The minimum Gasteiger partial charge on any atom is -0.497 e. The van der Waals surface area contributed by atoms with Crippen LogP contribution in [0.25, 0.3) is 0 Å². The Bertz CT molecular complexity index is 894. The van der Waals surface area contributed by atoms with E-state index in [1.807, 2.05) is 58.9 Å². The third-order valence-electron chi connectivity index (χ3n) is 6.75. The molecule has 0 aliphatic carbocycles. The van der Waals surface area contributed by atoms with Crippen LogP contribution in [0.15, 0.2) is 48.3 Å². The van der Waals surface area contributed by atoms with Crippen molar-refractivity contribution in [2.24, 2.45) is 11.3 Å². The van der Waals surface area contributed by atoms with E-state index < -0.39 is 19.8 Å². The third-order valence-corrected chi connectivity index (χ3v) is 11.3. The van der Waals surface area contributed by atoms with Crippen LogP contribution in [0.3, 0.4) is 0 Å². The second kappa shape index (κ2) is 14.3. The van der Waals surface area contributed by atoms with E-state index in [1.54, 1.807) is 25.3 Å². The predicted octanol–water partition coefficient (Wildman–Crippen LogP) is 8.02. The first kappa shape index (κ1) is 33.1. The molecule has 0 aliphatic heterocycles. The van der Waals surface area contributed by atoms with Crippen LogP contribution in [-0.2, 0) is 25.3 Å². The molecule has 210 valence electrons. The van der Waals surface area contributed by atoms with Gasteiger partial charge in [-0.15, -0.1) is 0 Å². The summed E-state index contributed by atoms with van der Waals surface area (Å²) in [5.41, 5.74) is 0.357. The molecule has 7 heteroatoms. The molecule has 0 fully saturated rings. The number of rotatable bonds is 13. The standard InChI is InChI=1S/C30H49FO5Si/c1-22(23(2)36-37(10,11)30(6,7)8)20-26(31)27(14-12-13-19-34-28(32)29(3,4)5)35-21-24-15-17-25(33-9)18-16-24/h12,14-18,20,22-23,27H,13,19,21H2,1-11H3/b14-12-,26-20+/t22-,23?,27?/m1/s1. The van der Waals surface area contributed by atoms with Gasteiger partial charge in [-0.3, -0.25) is 4.79 Å². The van der Waals surface area contributed by atoms with Crippen molar-refractivity contribution < 1.29 is 27.8 Å². The van der Waals surface area contributed by atoms with Crippen molar-refractivity contribution in [2.45, 2.75) is 98.8 Å². The largest absolute Gasteiger partial charge is 0.497 e. The highest BCUT2D eigenvalue weighted by Crippen LogP contribution is 2.38. The lowest BCUT2D eigenvalue weighted by atomic mass is 9.97. The van der Waals surface area contributed by atoms with Crippen molar-refractivity contribution >= 4 is 14.3 Å². The van der Waals surface area contributed by atoms with E-state index in [2.05, 4.69) is 33.9 Å². The van der Waals surface area contributed by atoms with Crippen LogP contribution in [0.5, 0.6) is 5.75 Å². The van der Waals surface area contributed by atoms with Crippen LogP contribution < -0.4 is 4.74 Å². The highest BCUT2D eigenvalue weighted by atomic mass is 28.4. The molecule has 0 bridgehead atoms. The molecule has 0 amide bonds. The van der Waals surface area contributed by atoms with Crippen molar-refractivity contribution in [1.29, 1.82) is 0 Å². The van der Waals surface area contributed by atoms with Gasteiger partial charge in [-0.2, -0.15) is 0 Å². The molecule has 0 saturated carbocycles. The van der Waals surface area contributed by atoms with Crippen LogP contribution in [0.2, 0.25) is 18.1 Å². The van der Waals surface area contributed by atoms with Crippen LogP contribution in [0, 0.1) is 11.3 Å². The molecule has 1 rings (SSSR count). The van der Waals surface area contributed by atoms with E-state index in [4.69, 9.17) is 18.6 Å². The van der Waals surface area contributed by atoms with Crippen molar-refractivity contribution in [1.82, 2.24) is 0 Å². The van der Waals surface area contributed by atoms with E-state index in [1.165, 1.54) is 0 Å². The number of methoxy groups -OCH3 is 1. The Kier molecular flexibility index (Phi) is 12.7. The minimum atomic E-state index is -1.98. The van der Waals surface area contributed by atoms with Crippen molar-refractivity contribution in [2.75, 3.05) is 13.7 Å². The average Bonchev–Trinajstić information content (AvgIpc) is 2.79. The molecule has 0 radical (unpaired) electrons. The number of hydrogen-bond acceptors (Lipinski definition) is 5. The first-order valence-electron chi connectivity index (χ1n) is 13.1. The van der Waals surface area contributed by atoms with Gasteiger partial charge in [0.25, 0.3) is 0 Å². The van der Waals surface area contributed by atoms with Gasteiger partial charge in [0.05, 0.1) is 25.7 Å². The van der Waals surface area contributed by atoms with E-state index >= 15 is 4.39 Å². The highest BCUT2D eigenvalue weighted by Gasteiger charge is 2.39. The fourth-order valence-corrected chi connectivity index (χ4v) is 4.52. The number of carbonyl (C=O) groups is 1. The monoisotopic (exact) mass is 536 g/mol. The summed E-state index contributed by atoms with van der Waals surface area (Å²) in [6, 6.07) is 7.48. The summed E-state index contributed by atoms with van der Waals surface area (Å²) < 4.78 is 38.4. The molecule has 1 aromatic rings. The minimum absolute atomic E-state index is 0.0758. The lowest BCUT2D eigenvalue weighted by Gasteiger charge is -2.39. The first-order chi connectivity index (χ1) is 17.0. The molecule has 0 heterocycles. The topological polar surface area (TPSA) is 54.0 Å². The molecule has 0 aromatic heterocycles. The lowest BCUT2D eigenvalue weighted by molar-refractivity contribution is -0.152. The molecule has 0 saturated heterocycles. The zero-order valence-electron chi connectivity index (χ0n) is 24.8. The van der Waals surface area contributed by atoms with E-state index in [-0.39, 0.29) is 42.1 Å². The third kappa shape index (κ3) is 11.5. The molecule has 5 nitrogen and oxygen atoms in total. The summed E-state index contributed by atoms with van der Waals surface area (Å²) in [4.78, 5) is 12.0.